The van der Waals surface area contributed by atoms with Crippen LogP contribution in [0.25, 0.3) is 0 Å². The Morgan fingerprint density at radius 3 is 2.92 bits per heavy atom. The van der Waals surface area contributed by atoms with E-state index in [9.17, 15) is 0 Å². The van der Waals surface area contributed by atoms with E-state index in [1.807, 2.05) is 18.4 Å². The molecule has 0 aromatic rings. The van der Waals surface area contributed by atoms with Crippen molar-refractivity contribution in [3.8, 4) is 0 Å². The summed E-state index contributed by atoms with van der Waals surface area (Å²) in [5.41, 5.74) is 7.90. The van der Waals surface area contributed by atoms with E-state index in [0.717, 1.165) is 5.70 Å². The second-order valence-electron chi connectivity index (χ2n) is 3.08. The monoisotopic (exact) mass is 160 g/mol. The molecule has 1 heterocycles. The Morgan fingerprint density at radius 1 is 1.33 bits per heavy atom. The van der Waals surface area contributed by atoms with Gasteiger partial charge in [0.25, 0.3) is 0 Å². The fourth-order valence-electron chi connectivity index (χ4n) is 1.54. The van der Waals surface area contributed by atoms with Gasteiger partial charge in [-0.05, 0) is 6.08 Å². The van der Waals surface area contributed by atoms with Gasteiger partial charge in [0.15, 0.2) is 0 Å². The minimum Gasteiger partial charge on any atom is -0.398 e. The van der Waals surface area contributed by atoms with Gasteiger partial charge in [-0.15, -0.1) is 0 Å². The van der Waals surface area contributed by atoms with E-state index < -0.39 is 0 Å². The molecule has 2 nitrogen and oxygen atoms in total. The summed E-state index contributed by atoms with van der Waals surface area (Å²) in [6.07, 6.45) is 12.2. The fourth-order valence-corrected chi connectivity index (χ4v) is 1.54. The summed E-state index contributed by atoms with van der Waals surface area (Å²) in [5, 5.41) is 0. The molecule has 1 unspecified atom stereocenters. The van der Waals surface area contributed by atoms with Crippen molar-refractivity contribution in [1.29, 1.82) is 0 Å². The Hall–Kier alpha value is -1.44. The highest BCUT2D eigenvalue weighted by Gasteiger charge is 2.19. The number of allylic oxidation sites excluding steroid dienone is 3. The van der Waals surface area contributed by atoms with Crippen molar-refractivity contribution in [3.63, 3.8) is 0 Å². The quantitative estimate of drug-likeness (QED) is 0.576. The van der Waals surface area contributed by atoms with Gasteiger partial charge in [-0.25, -0.2) is 0 Å². The SMILES string of the molecule is CN1C=CC(N)=C2C=CC=CC21. The molecule has 1 aliphatic heterocycles. The van der Waals surface area contributed by atoms with Crippen molar-refractivity contribution in [2.75, 3.05) is 7.05 Å². The first-order valence-electron chi connectivity index (χ1n) is 4.03. The Kier molecular flexibility index (Phi) is 1.54. The Bertz CT molecular complexity index is 308. The summed E-state index contributed by atoms with van der Waals surface area (Å²) in [7, 11) is 2.05. The van der Waals surface area contributed by atoms with Crippen molar-refractivity contribution >= 4 is 0 Å². The second kappa shape index (κ2) is 2.55. The third-order valence-electron chi connectivity index (χ3n) is 2.26. The first-order valence-corrected chi connectivity index (χ1v) is 4.03. The normalized spacial score (nSPS) is 26.4. The van der Waals surface area contributed by atoms with E-state index in [4.69, 9.17) is 5.73 Å². The summed E-state index contributed by atoms with van der Waals surface area (Å²) < 4.78 is 0. The molecule has 2 N–H and O–H groups in total. The van der Waals surface area contributed by atoms with Crippen LogP contribution in [0.1, 0.15) is 0 Å². The van der Waals surface area contributed by atoms with Crippen molar-refractivity contribution in [2.24, 2.45) is 5.73 Å². The van der Waals surface area contributed by atoms with Crippen molar-refractivity contribution in [1.82, 2.24) is 4.90 Å². The molecular weight excluding hydrogens is 148 g/mol. The number of nitrogens with zero attached hydrogens (tertiary/aromatic N) is 1. The van der Waals surface area contributed by atoms with Crippen LogP contribution >= 0.6 is 0 Å². The lowest BCUT2D eigenvalue weighted by Crippen LogP contribution is -2.31. The van der Waals surface area contributed by atoms with Crippen molar-refractivity contribution in [2.45, 2.75) is 6.04 Å². The predicted molar refractivity (Wildman–Crippen MR) is 50.2 cm³/mol. The Balaban J connectivity index is 2.44. The number of rotatable bonds is 0. The van der Waals surface area contributed by atoms with Gasteiger partial charge in [0, 0.05) is 24.5 Å². The van der Waals surface area contributed by atoms with Gasteiger partial charge in [0.05, 0.1) is 6.04 Å². The molecule has 0 spiro atoms. The topological polar surface area (TPSA) is 29.3 Å². The summed E-state index contributed by atoms with van der Waals surface area (Å²) in [5.74, 6) is 0. The van der Waals surface area contributed by atoms with Gasteiger partial charge in [0.1, 0.15) is 0 Å². The van der Waals surface area contributed by atoms with E-state index in [0.29, 0.717) is 6.04 Å². The Morgan fingerprint density at radius 2 is 2.17 bits per heavy atom. The fraction of sp³-hybridized carbons (Fsp3) is 0.200. The average molecular weight is 160 g/mol. The van der Waals surface area contributed by atoms with Crippen molar-refractivity contribution < 1.29 is 0 Å². The molecule has 0 bridgehead atoms. The second-order valence-corrected chi connectivity index (χ2v) is 3.08. The van der Waals surface area contributed by atoms with Gasteiger partial charge < -0.3 is 10.6 Å². The molecular formula is C10H12N2. The molecule has 0 fully saturated rings. The zero-order chi connectivity index (χ0) is 8.55. The zero-order valence-electron chi connectivity index (χ0n) is 7.07. The first-order chi connectivity index (χ1) is 5.79. The lowest BCUT2D eigenvalue weighted by molar-refractivity contribution is 0.418. The van der Waals surface area contributed by atoms with Gasteiger partial charge in [-0.1, -0.05) is 24.3 Å². The molecule has 0 radical (unpaired) electrons. The van der Waals surface area contributed by atoms with Gasteiger partial charge >= 0.3 is 0 Å². The molecule has 0 aromatic carbocycles. The molecule has 0 saturated heterocycles. The summed E-state index contributed by atoms with van der Waals surface area (Å²) in [6.45, 7) is 0. The van der Waals surface area contributed by atoms with Crippen LogP contribution in [0.3, 0.4) is 0 Å². The molecule has 12 heavy (non-hydrogen) atoms. The number of nitrogens with two attached hydrogens (primary N) is 1. The van der Waals surface area contributed by atoms with Crippen LogP contribution in [0.4, 0.5) is 0 Å². The van der Waals surface area contributed by atoms with Gasteiger partial charge in [-0.2, -0.15) is 0 Å². The van der Waals surface area contributed by atoms with E-state index in [-0.39, 0.29) is 0 Å². The molecule has 2 heteroatoms. The molecule has 2 aliphatic rings. The highest BCUT2D eigenvalue weighted by atomic mass is 15.1. The maximum absolute atomic E-state index is 5.83. The summed E-state index contributed by atoms with van der Waals surface area (Å²) >= 11 is 0. The molecule has 0 saturated carbocycles. The first kappa shape index (κ1) is 7.22. The van der Waals surface area contributed by atoms with Gasteiger partial charge in [-0.3, -0.25) is 0 Å². The maximum Gasteiger partial charge on any atom is 0.0740 e. The molecule has 1 atom stereocenters. The highest BCUT2D eigenvalue weighted by molar-refractivity contribution is 5.44. The average Bonchev–Trinajstić information content (AvgIpc) is 2.12. The van der Waals surface area contributed by atoms with Crippen LogP contribution in [0, 0.1) is 0 Å². The van der Waals surface area contributed by atoms with Crippen LogP contribution in [-0.4, -0.2) is 18.0 Å². The van der Waals surface area contributed by atoms with Crippen LogP contribution in [0.15, 0.2) is 47.9 Å². The number of fused-ring (bicyclic) bond motifs is 1. The predicted octanol–water partition coefficient (Wildman–Crippen LogP) is 1.15. The smallest absolute Gasteiger partial charge is 0.0740 e. The highest BCUT2D eigenvalue weighted by Crippen LogP contribution is 2.22. The van der Waals surface area contributed by atoms with E-state index in [2.05, 4.69) is 30.2 Å². The maximum atomic E-state index is 5.83. The van der Waals surface area contributed by atoms with Crippen LogP contribution in [-0.2, 0) is 0 Å². The standard InChI is InChI=1S/C10H12N2/c1-12-7-6-9(11)8-4-2-3-5-10(8)12/h2-7,10H,11H2,1H3. The van der Waals surface area contributed by atoms with Crippen LogP contribution in [0.2, 0.25) is 0 Å². The Labute approximate surface area is 72.4 Å². The van der Waals surface area contributed by atoms with E-state index >= 15 is 0 Å². The number of likely N-dealkylation sites (N-methyl/N-ethyl adjacent to an activating group) is 1. The zero-order valence-corrected chi connectivity index (χ0v) is 7.07. The van der Waals surface area contributed by atoms with Gasteiger partial charge in [0.2, 0.25) is 0 Å². The van der Waals surface area contributed by atoms with E-state index in [1.165, 1.54) is 5.57 Å². The third kappa shape index (κ3) is 0.961. The molecule has 0 amide bonds. The number of hydrogen-bond acceptors (Lipinski definition) is 2. The number of hydrogen-bond donors (Lipinski definition) is 1. The summed E-state index contributed by atoms with van der Waals surface area (Å²) in [6, 6.07) is 0.333. The lowest BCUT2D eigenvalue weighted by atomic mass is 9.97. The van der Waals surface area contributed by atoms with E-state index in [1.54, 1.807) is 0 Å². The molecule has 2 rings (SSSR count). The largest absolute Gasteiger partial charge is 0.398 e. The molecule has 62 valence electrons. The lowest BCUT2D eigenvalue weighted by Gasteiger charge is -2.30. The summed E-state index contributed by atoms with van der Waals surface area (Å²) in [4.78, 5) is 2.14. The third-order valence-corrected chi connectivity index (χ3v) is 2.26. The van der Waals surface area contributed by atoms with Crippen LogP contribution in [0.5, 0.6) is 0 Å². The molecule has 0 aromatic heterocycles. The molecule has 1 aliphatic carbocycles. The van der Waals surface area contributed by atoms with Crippen molar-refractivity contribution in [3.05, 3.63) is 47.9 Å². The van der Waals surface area contributed by atoms with Crippen LogP contribution < -0.4 is 5.73 Å². The minimum atomic E-state index is 0.333. The minimum absolute atomic E-state index is 0.333.